The van der Waals surface area contributed by atoms with E-state index in [0.29, 0.717) is 12.1 Å². The first-order chi connectivity index (χ1) is 15.5. The average Bonchev–Trinajstić information content (AvgIpc) is 3.17. The molecule has 1 saturated heterocycles. The predicted molar refractivity (Wildman–Crippen MR) is 122 cm³/mol. The van der Waals surface area contributed by atoms with Crippen molar-refractivity contribution >= 4 is 32.9 Å². The third kappa shape index (κ3) is 5.31. The standard InChI is InChI=1S/C22H23F3N4O2S2/c1-22(2)11-29(12-22)9-14-4-3-5-17(23)16(14)8-26-15-6-18(24)21(19(25)7-15)33(30,31)28-20-10-32-13-27-20/h3-7,10,13,26,28H,8-9,11-12H2,1-2H3. The molecule has 3 aromatic rings. The zero-order chi connectivity index (χ0) is 23.8. The van der Waals surface area contributed by atoms with Crippen LogP contribution in [0.4, 0.5) is 24.7 Å². The normalized spacial score (nSPS) is 15.8. The van der Waals surface area contributed by atoms with Crippen LogP contribution in [0.15, 0.2) is 46.1 Å². The van der Waals surface area contributed by atoms with Crippen molar-refractivity contribution in [2.24, 2.45) is 5.41 Å². The summed E-state index contributed by atoms with van der Waals surface area (Å²) >= 11 is 1.13. The fraction of sp³-hybridized carbons (Fsp3) is 0.318. The van der Waals surface area contributed by atoms with Crippen molar-refractivity contribution in [2.75, 3.05) is 23.1 Å². The summed E-state index contributed by atoms with van der Waals surface area (Å²) in [7, 11) is -4.51. The molecule has 0 bridgehead atoms. The third-order valence-electron chi connectivity index (χ3n) is 5.32. The van der Waals surface area contributed by atoms with Crippen molar-refractivity contribution in [1.29, 1.82) is 0 Å². The van der Waals surface area contributed by atoms with Gasteiger partial charge in [0.15, 0.2) is 10.7 Å². The van der Waals surface area contributed by atoms with E-state index in [2.05, 4.69) is 29.0 Å². The number of thiazole rings is 1. The van der Waals surface area contributed by atoms with Crippen molar-refractivity contribution in [2.45, 2.75) is 31.8 Å². The molecule has 33 heavy (non-hydrogen) atoms. The number of benzene rings is 2. The van der Waals surface area contributed by atoms with E-state index in [4.69, 9.17) is 0 Å². The number of nitrogens with zero attached hydrogens (tertiary/aromatic N) is 2. The Balaban J connectivity index is 1.51. The van der Waals surface area contributed by atoms with Crippen molar-refractivity contribution in [3.63, 3.8) is 0 Å². The lowest BCUT2D eigenvalue weighted by molar-refractivity contribution is 0.0240. The zero-order valence-corrected chi connectivity index (χ0v) is 19.7. The number of hydrogen-bond donors (Lipinski definition) is 2. The topological polar surface area (TPSA) is 74.3 Å². The van der Waals surface area contributed by atoms with Crippen LogP contribution in [-0.4, -0.2) is 31.4 Å². The lowest BCUT2D eigenvalue weighted by Gasteiger charge is -2.46. The minimum atomic E-state index is -4.51. The number of nitrogens with one attached hydrogen (secondary N) is 2. The molecule has 176 valence electrons. The smallest absolute Gasteiger partial charge is 0.268 e. The predicted octanol–water partition coefficient (Wildman–Crippen LogP) is 4.82. The monoisotopic (exact) mass is 496 g/mol. The van der Waals surface area contributed by atoms with E-state index in [9.17, 15) is 21.6 Å². The molecule has 6 nitrogen and oxygen atoms in total. The average molecular weight is 497 g/mol. The van der Waals surface area contributed by atoms with Gasteiger partial charge in [-0.25, -0.2) is 26.6 Å². The highest BCUT2D eigenvalue weighted by molar-refractivity contribution is 7.92. The summed E-state index contributed by atoms with van der Waals surface area (Å²) < 4.78 is 70.6. The zero-order valence-electron chi connectivity index (χ0n) is 18.0. The molecule has 1 aliphatic rings. The molecule has 0 saturated carbocycles. The maximum absolute atomic E-state index is 14.6. The summed E-state index contributed by atoms with van der Waals surface area (Å²) in [6, 6.07) is 6.54. The van der Waals surface area contributed by atoms with Gasteiger partial charge in [-0.05, 0) is 29.2 Å². The number of anilines is 2. The van der Waals surface area contributed by atoms with E-state index in [1.807, 2.05) is 10.8 Å². The highest BCUT2D eigenvalue weighted by atomic mass is 32.2. The second-order valence-electron chi connectivity index (χ2n) is 8.79. The van der Waals surface area contributed by atoms with E-state index in [1.165, 1.54) is 17.0 Å². The van der Waals surface area contributed by atoms with E-state index in [0.717, 1.165) is 42.1 Å². The molecule has 2 N–H and O–H groups in total. The van der Waals surface area contributed by atoms with Gasteiger partial charge in [-0.15, -0.1) is 11.3 Å². The van der Waals surface area contributed by atoms with Crippen LogP contribution in [0.25, 0.3) is 0 Å². The van der Waals surface area contributed by atoms with Crippen LogP contribution in [0.3, 0.4) is 0 Å². The molecule has 0 unspecified atom stereocenters. The SMILES string of the molecule is CC1(C)CN(Cc2cccc(F)c2CNc2cc(F)c(S(=O)(=O)Nc3cscn3)c(F)c2)C1. The van der Waals surface area contributed by atoms with E-state index in [1.54, 1.807) is 6.07 Å². The Labute approximate surface area is 194 Å². The Morgan fingerprint density at radius 3 is 2.42 bits per heavy atom. The summed E-state index contributed by atoms with van der Waals surface area (Å²) in [4.78, 5) is 4.85. The molecule has 2 aromatic carbocycles. The molecule has 1 aromatic heterocycles. The maximum Gasteiger partial charge on any atom is 0.268 e. The van der Waals surface area contributed by atoms with Crippen LogP contribution in [0, 0.1) is 22.9 Å². The molecule has 11 heteroatoms. The van der Waals surface area contributed by atoms with Crippen LogP contribution in [0.2, 0.25) is 0 Å². The van der Waals surface area contributed by atoms with E-state index >= 15 is 0 Å². The minimum Gasteiger partial charge on any atom is -0.381 e. The first-order valence-corrected chi connectivity index (χ1v) is 12.6. The summed E-state index contributed by atoms with van der Waals surface area (Å²) in [6.45, 7) is 6.69. The van der Waals surface area contributed by atoms with Crippen molar-refractivity contribution < 1.29 is 21.6 Å². The molecular weight excluding hydrogens is 473 g/mol. The van der Waals surface area contributed by atoms with Crippen LogP contribution < -0.4 is 10.0 Å². The number of rotatable bonds is 8. The van der Waals surface area contributed by atoms with Crippen LogP contribution >= 0.6 is 11.3 Å². The van der Waals surface area contributed by atoms with Crippen LogP contribution in [0.5, 0.6) is 0 Å². The molecule has 4 rings (SSSR count). The first kappa shape index (κ1) is 23.5. The van der Waals surface area contributed by atoms with Gasteiger partial charge in [0.25, 0.3) is 10.0 Å². The Hall–Kier alpha value is -2.63. The van der Waals surface area contributed by atoms with Gasteiger partial charge in [-0.2, -0.15) is 0 Å². The Morgan fingerprint density at radius 1 is 1.12 bits per heavy atom. The Bertz CT molecular complexity index is 1230. The summed E-state index contributed by atoms with van der Waals surface area (Å²) in [5, 5.41) is 4.21. The molecular formula is C22H23F3N4O2S2. The fourth-order valence-corrected chi connectivity index (χ4v) is 5.71. The van der Waals surface area contributed by atoms with Crippen molar-refractivity contribution in [1.82, 2.24) is 9.88 Å². The number of aromatic nitrogens is 1. The molecule has 0 spiro atoms. The lowest BCUT2D eigenvalue weighted by atomic mass is 9.84. The molecule has 0 amide bonds. The highest BCUT2D eigenvalue weighted by Gasteiger charge is 2.34. The summed E-state index contributed by atoms with van der Waals surface area (Å²) in [5.74, 6) is -2.99. The molecule has 0 aliphatic carbocycles. The summed E-state index contributed by atoms with van der Waals surface area (Å²) in [6.07, 6.45) is 0. The van der Waals surface area contributed by atoms with Gasteiger partial charge in [-0.3, -0.25) is 9.62 Å². The Kier molecular flexibility index (Phi) is 6.39. The number of likely N-dealkylation sites (tertiary alicyclic amines) is 1. The molecule has 1 aliphatic heterocycles. The maximum atomic E-state index is 14.6. The lowest BCUT2D eigenvalue weighted by Crippen LogP contribution is -2.52. The quantitative estimate of drug-likeness (QED) is 0.468. The molecule has 0 radical (unpaired) electrons. The van der Waals surface area contributed by atoms with Crippen molar-refractivity contribution in [3.8, 4) is 0 Å². The number of halogens is 3. The fourth-order valence-electron chi connectivity index (χ4n) is 4.03. The number of sulfonamides is 1. The van der Waals surface area contributed by atoms with E-state index in [-0.39, 0.29) is 23.5 Å². The second kappa shape index (κ2) is 8.96. The minimum absolute atomic E-state index is 0.00287. The van der Waals surface area contributed by atoms with Gasteiger partial charge in [0.2, 0.25) is 0 Å². The van der Waals surface area contributed by atoms with E-state index < -0.39 is 32.4 Å². The number of hydrogen-bond acceptors (Lipinski definition) is 6. The largest absolute Gasteiger partial charge is 0.381 e. The van der Waals surface area contributed by atoms with Crippen LogP contribution in [0.1, 0.15) is 25.0 Å². The van der Waals surface area contributed by atoms with Gasteiger partial charge in [-0.1, -0.05) is 26.0 Å². The second-order valence-corrected chi connectivity index (χ2v) is 11.1. The molecule has 0 atom stereocenters. The van der Waals surface area contributed by atoms with Gasteiger partial charge in [0.05, 0.1) is 5.51 Å². The van der Waals surface area contributed by atoms with Gasteiger partial charge in [0.1, 0.15) is 17.5 Å². The highest BCUT2D eigenvalue weighted by Crippen LogP contribution is 2.31. The third-order valence-corrected chi connectivity index (χ3v) is 7.31. The van der Waals surface area contributed by atoms with Crippen LogP contribution in [-0.2, 0) is 23.1 Å². The molecule has 1 fully saturated rings. The van der Waals surface area contributed by atoms with Gasteiger partial charge < -0.3 is 5.32 Å². The molecule has 2 heterocycles. The first-order valence-electron chi connectivity index (χ1n) is 10.2. The van der Waals surface area contributed by atoms with Crippen molar-refractivity contribution in [3.05, 3.63) is 69.8 Å². The van der Waals surface area contributed by atoms with Gasteiger partial charge >= 0.3 is 0 Å². The Morgan fingerprint density at radius 2 is 1.82 bits per heavy atom. The van der Waals surface area contributed by atoms with Gasteiger partial charge in [0, 0.05) is 42.8 Å². The summed E-state index contributed by atoms with van der Waals surface area (Å²) in [5.41, 5.74) is 2.79.